The molecule has 1 aliphatic carbocycles. The van der Waals surface area contributed by atoms with Crippen molar-refractivity contribution in [3.8, 4) is 0 Å². The van der Waals surface area contributed by atoms with Crippen LogP contribution in [-0.4, -0.2) is 28.4 Å². The number of rotatable bonds is 1. The molecule has 4 N–H and O–H groups in total. The molecule has 0 aliphatic heterocycles. The summed E-state index contributed by atoms with van der Waals surface area (Å²) in [6.07, 6.45) is 3.67. The summed E-state index contributed by atoms with van der Waals surface area (Å²) in [7, 11) is 0. The number of aliphatic hydroxyl groups excluding tert-OH is 2. The first-order valence-electron chi connectivity index (χ1n) is 3.62. The van der Waals surface area contributed by atoms with Crippen LogP contribution in [0.1, 0.15) is 25.7 Å². The molecule has 0 amide bonds. The molecule has 1 aliphatic rings. The van der Waals surface area contributed by atoms with Crippen molar-refractivity contribution < 1.29 is 46.8 Å². The van der Waals surface area contributed by atoms with Crippen LogP contribution in [0.4, 0.5) is 0 Å². The second-order valence-corrected chi connectivity index (χ2v) is 2.86. The van der Waals surface area contributed by atoms with Crippen molar-refractivity contribution in [3.05, 3.63) is 0 Å². The largest absolute Gasteiger partial charge is 0.412 e. The summed E-state index contributed by atoms with van der Waals surface area (Å²) in [4.78, 5) is 0. The van der Waals surface area contributed by atoms with Crippen LogP contribution in [0.5, 0.6) is 0 Å². The standard InChI is InChI=1S/C7H14O2.H2O.U/c8-5-6-1-3-7(9)4-2-6;;/h6-9H,1-5H2;1H2;. The Morgan fingerprint density at radius 2 is 1.55 bits per heavy atom. The van der Waals surface area contributed by atoms with Crippen LogP contribution in [-0.2, 0) is 0 Å². The third kappa shape index (κ3) is 5.22. The van der Waals surface area contributed by atoms with Crippen LogP contribution in [0.2, 0.25) is 0 Å². The van der Waals surface area contributed by atoms with Gasteiger partial charge in [0.15, 0.2) is 0 Å². The van der Waals surface area contributed by atoms with Gasteiger partial charge in [-0.15, -0.1) is 0 Å². The maximum absolute atomic E-state index is 9.04. The van der Waals surface area contributed by atoms with Gasteiger partial charge in [0.25, 0.3) is 0 Å². The van der Waals surface area contributed by atoms with E-state index in [1.165, 1.54) is 0 Å². The second kappa shape index (κ2) is 7.57. The minimum Gasteiger partial charge on any atom is -0.412 e. The number of hydrogen-bond acceptors (Lipinski definition) is 2. The first-order chi connectivity index (χ1) is 4.33. The Hall–Kier alpha value is 0.932. The Morgan fingerprint density at radius 3 is 1.91 bits per heavy atom. The summed E-state index contributed by atoms with van der Waals surface area (Å²) in [6.45, 7) is 0.298. The van der Waals surface area contributed by atoms with E-state index in [1.807, 2.05) is 0 Å². The third-order valence-electron chi connectivity index (χ3n) is 2.07. The maximum atomic E-state index is 9.04. The van der Waals surface area contributed by atoms with Gasteiger partial charge in [0.05, 0.1) is 6.10 Å². The first-order valence-corrected chi connectivity index (χ1v) is 3.62. The Bertz CT molecular complexity index is 81.8. The van der Waals surface area contributed by atoms with Crippen LogP contribution in [0.3, 0.4) is 0 Å². The van der Waals surface area contributed by atoms with E-state index in [0.29, 0.717) is 12.5 Å². The van der Waals surface area contributed by atoms with Gasteiger partial charge in [-0.3, -0.25) is 0 Å². The minimum atomic E-state index is -0.0900. The van der Waals surface area contributed by atoms with Gasteiger partial charge >= 0.3 is 0 Å². The molecular weight excluding hydrogens is 370 g/mol. The van der Waals surface area contributed by atoms with Gasteiger partial charge in [-0.2, -0.15) is 0 Å². The molecule has 1 fully saturated rings. The Balaban J connectivity index is 0. The molecule has 0 bridgehead atoms. The van der Waals surface area contributed by atoms with Gasteiger partial charge < -0.3 is 15.7 Å². The average Bonchev–Trinajstić information content (AvgIpc) is 1.90. The fourth-order valence-corrected chi connectivity index (χ4v) is 1.33. The van der Waals surface area contributed by atoms with Crippen molar-refractivity contribution in [1.29, 1.82) is 0 Å². The summed E-state index contributed by atoms with van der Waals surface area (Å²) in [5.41, 5.74) is 0. The normalized spacial score (nSPS) is 30.0. The molecule has 4 heteroatoms. The van der Waals surface area contributed by atoms with E-state index in [9.17, 15) is 0 Å². The zero-order valence-corrected chi connectivity index (χ0v) is 10.7. The quantitative estimate of drug-likeness (QED) is 0.650. The van der Waals surface area contributed by atoms with Gasteiger partial charge in [-0.05, 0) is 31.6 Å². The molecular formula is C7H16O3U. The Labute approximate surface area is 90.9 Å². The van der Waals surface area contributed by atoms with E-state index in [-0.39, 0.29) is 42.7 Å². The van der Waals surface area contributed by atoms with Gasteiger partial charge in [0.2, 0.25) is 0 Å². The van der Waals surface area contributed by atoms with E-state index in [2.05, 4.69) is 0 Å². The van der Waals surface area contributed by atoms with E-state index < -0.39 is 0 Å². The summed E-state index contributed by atoms with van der Waals surface area (Å²) in [6, 6.07) is 0. The zero-order chi connectivity index (χ0) is 6.69. The molecule has 1 saturated carbocycles. The molecule has 0 aromatic carbocycles. The Kier molecular flexibility index (Phi) is 9.95. The van der Waals surface area contributed by atoms with Crippen molar-refractivity contribution in [2.24, 2.45) is 5.92 Å². The number of aliphatic hydroxyl groups is 2. The van der Waals surface area contributed by atoms with Crippen molar-refractivity contribution >= 4 is 0 Å². The van der Waals surface area contributed by atoms with E-state index >= 15 is 0 Å². The molecule has 0 radical (unpaired) electrons. The molecule has 11 heavy (non-hydrogen) atoms. The SMILES string of the molecule is O.OCC1CCC(O)CC1.[U]. The molecule has 3 nitrogen and oxygen atoms in total. The van der Waals surface area contributed by atoms with E-state index in [0.717, 1.165) is 25.7 Å². The second-order valence-electron chi connectivity index (χ2n) is 2.86. The fourth-order valence-electron chi connectivity index (χ4n) is 1.33. The predicted molar refractivity (Wildman–Crippen MR) is 38.7 cm³/mol. The van der Waals surface area contributed by atoms with Gasteiger partial charge in [0.1, 0.15) is 0 Å². The number of hydrogen-bond donors (Lipinski definition) is 2. The third-order valence-corrected chi connectivity index (χ3v) is 2.07. The molecule has 0 atom stereocenters. The topological polar surface area (TPSA) is 72.0 Å². The minimum absolute atomic E-state index is 0. The van der Waals surface area contributed by atoms with Gasteiger partial charge in [-0.1, -0.05) is 0 Å². The molecule has 0 aromatic rings. The molecule has 0 saturated heterocycles. The van der Waals surface area contributed by atoms with Crippen molar-refractivity contribution in [2.45, 2.75) is 31.8 Å². The van der Waals surface area contributed by atoms with Crippen molar-refractivity contribution in [2.75, 3.05) is 6.61 Å². The predicted octanol–water partition coefficient (Wildman–Crippen LogP) is -0.295. The fraction of sp³-hybridized carbons (Fsp3) is 1.00. The molecule has 0 aromatic heterocycles. The van der Waals surface area contributed by atoms with Crippen molar-refractivity contribution in [1.82, 2.24) is 0 Å². The van der Waals surface area contributed by atoms with Crippen LogP contribution < -0.4 is 0 Å². The summed E-state index contributed by atoms with van der Waals surface area (Å²) in [5.74, 6) is 0.466. The smallest absolute Gasteiger partial charge is 0.0540 e. The molecule has 0 spiro atoms. The molecule has 0 unspecified atom stereocenters. The summed E-state index contributed by atoms with van der Waals surface area (Å²) < 4.78 is 0. The monoisotopic (exact) mass is 386 g/mol. The van der Waals surface area contributed by atoms with Crippen LogP contribution in [0.15, 0.2) is 0 Å². The first kappa shape index (κ1) is 14.5. The van der Waals surface area contributed by atoms with Crippen LogP contribution in [0.25, 0.3) is 0 Å². The summed E-state index contributed by atoms with van der Waals surface area (Å²) in [5, 5.41) is 17.7. The van der Waals surface area contributed by atoms with Crippen molar-refractivity contribution in [3.63, 3.8) is 0 Å². The zero-order valence-electron chi connectivity index (χ0n) is 6.58. The average molecular weight is 386 g/mol. The maximum Gasteiger partial charge on any atom is 0.0540 e. The molecule has 1 rings (SSSR count). The van der Waals surface area contributed by atoms with Crippen LogP contribution in [0, 0.1) is 37.0 Å². The van der Waals surface area contributed by atoms with Crippen LogP contribution >= 0.6 is 0 Å². The Morgan fingerprint density at radius 1 is 1.09 bits per heavy atom. The van der Waals surface area contributed by atoms with Gasteiger partial charge in [0, 0.05) is 37.7 Å². The summed E-state index contributed by atoms with van der Waals surface area (Å²) >= 11 is 0. The molecule has 66 valence electrons. The van der Waals surface area contributed by atoms with E-state index in [4.69, 9.17) is 10.2 Å². The van der Waals surface area contributed by atoms with Gasteiger partial charge in [-0.25, -0.2) is 0 Å². The molecule has 0 heterocycles. The van der Waals surface area contributed by atoms with E-state index in [1.54, 1.807) is 0 Å².